The minimum atomic E-state index is 0.219. The zero-order chi connectivity index (χ0) is 13.8. The molecule has 0 amide bonds. The standard InChI is InChI=1S/C14H12ClN3O/c1-9-3-4-11(7-16)6-12(9)19-8-14-17-10(2)5-13(15)18-14/h3-6H,8H2,1-2H3. The van der Waals surface area contributed by atoms with Crippen LogP contribution in [0.15, 0.2) is 24.3 Å². The van der Waals surface area contributed by atoms with Crippen molar-refractivity contribution in [2.75, 3.05) is 0 Å². The first-order valence-corrected chi connectivity index (χ1v) is 6.10. The molecule has 0 saturated heterocycles. The zero-order valence-electron chi connectivity index (χ0n) is 10.6. The van der Waals surface area contributed by atoms with Crippen molar-refractivity contribution in [2.24, 2.45) is 0 Å². The van der Waals surface area contributed by atoms with Crippen LogP contribution in [0.25, 0.3) is 0 Å². The molecule has 0 unspecified atom stereocenters. The third-order valence-corrected chi connectivity index (χ3v) is 2.74. The van der Waals surface area contributed by atoms with Crippen LogP contribution in [-0.4, -0.2) is 9.97 Å². The van der Waals surface area contributed by atoms with Gasteiger partial charge in [0.1, 0.15) is 17.5 Å². The SMILES string of the molecule is Cc1cc(Cl)nc(COc2cc(C#N)ccc2C)n1. The quantitative estimate of drug-likeness (QED) is 0.806. The maximum atomic E-state index is 8.86. The molecule has 0 aliphatic rings. The van der Waals surface area contributed by atoms with Crippen LogP contribution in [0.4, 0.5) is 0 Å². The first-order chi connectivity index (χ1) is 9.08. The molecule has 0 spiro atoms. The second-order valence-electron chi connectivity index (χ2n) is 4.13. The predicted octanol–water partition coefficient (Wildman–Crippen LogP) is 3.20. The summed E-state index contributed by atoms with van der Waals surface area (Å²) in [6.45, 7) is 3.98. The van der Waals surface area contributed by atoms with E-state index in [2.05, 4.69) is 16.0 Å². The van der Waals surface area contributed by atoms with E-state index in [1.54, 1.807) is 18.2 Å². The van der Waals surface area contributed by atoms with Crippen molar-refractivity contribution >= 4 is 11.6 Å². The van der Waals surface area contributed by atoms with E-state index in [1.165, 1.54) is 0 Å². The number of hydrogen-bond donors (Lipinski definition) is 0. The highest BCUT2D eigenvalue weighted by Gasteiger charge is 2.05. The molecule has 0 N–H and O–H groups in total. The van der Waals surface area contributed by atoms with Gasteiger partial charge in [0.05, 0.1) is 11.6 Å². The highest BCUT2D eigenvalue weighted by molar-refractivity contribution is 6.29. The van der Waals surface area contributed by atoms with E-state index in [1.807, 2.05) is 19.9 Å². The van der Waals surface area contributed by atoms with Gasteiger partial charge < -0.3 is 4.74 Å². The first kappa shape index (κ1) is 13.3. The van der Waals surface area contributed by atoms with Gasteiger partial charge in [-0.2, -0.15) is 5.26 Å². The lowest BCUT2D eigenvalue weighted by Gasteiger charge is -2.09. The number of nitriles is 1. The molecule has 0 atom stereocenters. The van der Waals surface area contributed by atoms with E-state index in [4.69, 9.17) is 21.6 Å². The Hall–Kier alpha value is -2.12. The number of rotatable bonds is 3. The Bertz CT molecular complexity index is 629. The molecule has 0 fully saturated rings. The van der Waals surface area contributed by atoms with Gasteiger partial charge >= 0.3 is 0 Å². The number of benzene rings is 1. The summed E-state index contributed by atoms with van der Waals surface area (Å²) >= 11 is 5.86. The van der Waals surface area contributed by atoms with E-state index in [9.17, 15) is 0 Å². The fourth-order valence-electron chi connectivity index (χ4n) is 1.62. The summed E-state index contributed by atoms with van der Waals surface area (Å²) in [5.74, 6) is 1.17. The predicted molar refractivity (Wildman–Crippen MR) is 72.0 cm³/mol. The van der Waals surface area contributed by atoms with Gasteiger partial charge in [-0.15, -0.1) is 0 Å². The molecule has 0 aliphatic carbocycles. The summed E-state index contributed by atoms with van der Waals surface area (Å²) in [5.41, 5.74) is 2.31. The van der Waals surface area contributed by atoms with Crippen LogP contribution in [0.3, 0.4) is 0 Å². The molecule has 1 aromatic carbocycles. The maximum Gasteiger partial charge on any atom is 0.167 e. The second-order valence-corrected chi connectivity index (χ2v) is 4.52. The highest BCUT2D eigenvalue weighted by atomic mass is 35.5. The maximum absolute atomic E-state index is 8.86. The Morgan fingerprint density at radius 3 is 2.74 bits per heavy atom. The molecule has 0 bridgehead atoms. The number of aromatic nitrogens is 2. The topological polar surface area (TPSA) is 58.8 Å². The van der Waals surface area contributed by atoms with E-state index in [0.717, 1.165) is 11.3 Å². The minimum absolute atomic E-state index is 0.219. The van der Waals surface area contributed by atoms with Crippen LogP contribution < -0.4 is 4.74 Å². The molecule has 0 aliphatic heterocycles. The summed E-state index contributed by atoms with van der Waals surface area (Å²) in [5, 5.41) is 9.26. The Balaban J connectivity index is 2.16. The molecule has 2 aromatic rings. The number of halogens is 1. The van der Waals surface area contributed by atoms with Crippen LogP contribution in [0.2, 0.25) is 5.15 Å². The van der Waals surface area contributed by atoms with Gasteiger partial charge in [0.15, 0.2) is 5.82 Å². The van der Waals surface area contributed by atoms with Gasteiger partial charge in [-0.1, -0.05) is 17.7 Å². The largest absolute Gasteiger partial charge is 0.485 e. The lowest BCUT2D eigenvalue weighted by Crippen LogP contribution is -2.03. The van der Waals surface area contributed by atoms with Crippen molar-refractivity contribution in [3.05, 3.63) is 52.1 Å². The van der Waals surface area contributed by atoms with E-state index in [0.29, 0.717) is 22.3 Å². The smallest absolute Gasteiger partial charge is 0.167 e. The summed E-state index contributed by atoms with van der Waals surface area (Å²) in [6.07, 6.45) is 0. The van der Waals surface area contributed by atoms with Crippen LogP contribution in [0.1, 0.15) is 22.6 Å². The zero-order valence-corrected chi connectivity index (χ0v) is 11.4. The molecular formula is C14H12ClN3O. The average Bonchev–Trinajstić information content (AvgIpc) is 2.37. The van der Waals surface area contributed by atoms with Crippen LogP contribution in [-0.2, 0) is 6.61 Å². The average molecular weight is 274 g/mol. The van der Waals surface area contributed by atoms with Gasteiger partial charge in [0, 0.05) is 5.69 Å². The molecular weight excluding hydrogens is 262 g/mol. The number of ether oxygens (including phenoxy) is 1. The van der Waals surface area contributed by atoms with E-state index >= 15 is 0 Å². The second kappa shape index (κ2) is 5.68. The van der Waals surface area contributed by atoms with E-state index in [-0.39, 0.29) is 6.61 Å². The van der Waals surface area contributed by atoms with Gasteiger partial charge in [-0.25, -0.2) is 9.97 Å². The molecule has 4 nitrogen and oxygen atoms in total. The van der Waals surface area contributed by atoms with Gasteiger partial charge in [0.25, 0.3) is 0 Å². The molecule has 0 saturated carbocycles. The van der Waals surface area contributed by atoms with Crippen molar-refractivity contribution in [1.29, 1.82) is 5.26 Å². The van der Waals surface area contributed by atoms with Crippen molar-refractivity contribution in [2.45, 2.75) is 20.5 Å². The highest BCUT2D eigenvalue weighted by Crippen LogP contribution is 2.20. The fraction of sp³-hybridized carbons (Fsp3) is 0.214. The molecule has 1 aromatic heterocycles. The van der Waals surface area contributed by atoms with Gasteiger partial charge in [-0.05, 0) is 37.6 Å². The number of hydrogen-bond acceptors (Lipinski definition) is 4. The molecule has 96 valence electrons. The van der Waals surface area contributed by atoms with Crippen molar-refractivity contribution in [3.63, 3.8) is 0 Å². The Morgan fingerprint density at radius 1 is 1.26 bits per heavy atom. The molecule has 0 radical (unpaired) electrons. The third kappa shape index (κ3) is 3.43. The Morgan fingerprint density at radius 2 is 2.05 bits per heavy atom. The van der Waals surface area contributed by atoms with Gasteiger partial charge in [0.2, 0.25) is 0 Å². The Kier molecular flexibility index (Phi) is 3.98. The van der Waals surface area contributed by atoms with Crippen molar-refractivity contribution < 1.29 is 4.74 Å². The molecule has 19 heavy (non-hydrogen) atoms. The molecule has 2 rings (SSSR count). The van der Waals surface area contributed by atoms with E-state index < -0.39 is 0 Å². The normalized spacial score (nSPS) is 10.0. The summed E-state index contributed by atoms with van der Waals surface area (Å²) < 4.78 is 5.64. The van der Waals surface area contributed by atoms with Crippen LogP contribution in [0, 0.1) is 25.2 Å². The Labute approximate surface area is 116 Å². The van der Waals surface area contributed by atoms with Crippen LogP contribution >= 0.6 is 11.6 Å². The first-order valence-electron chi connectivity index (χ1n) is 5.72. The summed E-state index contributed by atoms with van der Waals surface area (Å²) in [7, 11) is 0. The van der Waals surface area contributed by atoms with Crippen molar-refractivity contribution in [1.82, 2.24) is 9.97 Å². The van der Waals surface area contributed by atoms with Gasteiger partial charge in [-0.3, -0.25) is 0 Å². The minimum Gasteiger partial charge on any atom is -0.485 e. The fourth-order valence-corrected chi connectivity index (χ4v) is 1.88. The lowest BCUT2D eigenvalue weighted by molar-refractivity contribution is 0.293. The number of aryl methyl sites for hydroxylation is 2. The molecule has 1 heterocycles. The molecule has 5 heteroatoms. The van der Waals surface area contributed by atoms with Crippen LogP contribution in [0.5, 0.6) is 5.75 Å². The lowest BCUT2D eigenvalue weighted by atomic mass is 10.1. The summed E-state index contributed by atoms with van der Waals surface area (Å²) in [6, 6.07) is 9.06. The van der Waals surface area contributed by atoms with Crippen molar-refractivity contribution in [3.8, 4) is 11.8 Å². The summed E-state index contributed by atoms with van der Waals surface area (Å²) in [4.78, 5) is 8.32. The number of nitrogens with zero attached hydrogens (tertiary/aromatic N) is 3. The third-order valence-electron chi connectivity index (χ3n) is 2.54. The monoisotopic (exact) mass is 273 g/mol.